The molecule has 0 unspecified atom stereocenters. The van der Waals surface area contributed by atoms with Crippen molar-refractivity contribution in [3.8, 4) is 0 Å². The summed E-state index contributed by atoms with van der Waals surface area (Å²) in [6.45, 7) is 17.4. The number of urea groups is 2. The fourth-order valence-electron chi connectivity index (χ4n) is 6.15. The number of esters is 1. The van der Waals surface area contributed by atoms with Gasteiger partial charge in [-0.1, -0.05) is 92.0 Å². The van der Waals surface area contributed by atoms with E-state index in [0.717, 1.165) is 88.2 Å². The summed E-state index contributed by atoms with van der Waals surface area (Å²) in [5.41, 5.74) is 12.3. The molecule has 52 heavy (non-hydrogen) atoms. The number of nitrogens with one attached hydrogen (secondary N) is 4. The van der Waals surface area contributed by atoms with Crippen LogP contribution in [0.1, 0.15) is 137 Å². The summed E-state index contributed by atoms with van der Waals surface area (Å²) in [7, 11) is 0. The Kier molecular flexibility index (Phi) is 26.6. The Morgan fingerprint density at radius 3 is 1.38 bits per heavy atom. The van der Waals surface area contributed by atoms with Crippen LogP contribution in [-0.2, 0) is 32.1 Å². The van der Waals surface area contributed by atoms with Gasteiger partial charge in [0.25, 0.3) is 0 Å². The van der Waals surface area contributed by atoms with E-state index >= 15 is 0 Å². The fraction of sp³-hybridized carbons (Fsp3) is 0.725. The standard InChI is InChI=1S/C24H39N3O4.C16H33N3O2/c1-5-7-22(17(2)3)23(29)27-21(8-6-15-26-24(25)30)14-13-19-9-11-20(12-10-19)16-31-18(4)28;1-5-8-13(10-7-11-18-16(17)21)19-15(20)14(9-6-2)12(3)4/h9-12,17,21-22H,5-8,13-16H2,1-4H3,(H,27,29)(H3,25,26,30);12-14H,5-11H2,1-4H3,(H,19,20)(H3,17,18,21)/t21-,22-;13-,14+/m10/s1. The first kappa shape index (κ1) is 48.2. The predicted octanol–water partition coefficient (Wildman–Crippen LogP) is 6.48. The molecule has 0 aliphatic rings. The van der Waals surface area contributed by atoms with Crippen LogP contribution in [-0.4, -0.2) is 55.0 Å². The summed E-state index contributed by atoms with van der Waals surface area (Å²) in [5.74, 6) is 0.756. The van der Waals surface area contributed by atoms with Gasteiger partial charge < -0.3 is 37.5 Å². The summed E-state index contributed by atoms with van der Waals surface area (Å²) < 4.78 is 5.02. The number of carbonyl (C=O) groups is 5. The zero-order chi connectivity index (χ0) is 39.5. The molecule has 8 N–H and O–H groups in total. The number of benzene rings is 1. The van der Waals surface area contributed by atoms with Gasteiger partial charge in [0, 0.05) is 43.9 Å². The van der Waals surface area contributed by atoms with Crippen LogP contribution in [0.4, 0.5) is 9.59 Å². The number of amides is 6. The normalized spacial score (nSPS) is 13.2. The fourth-order valence-corrected chi connectivity index (χ4v) is 6.15. The molecule has 0 radical (unpaired) electrons. The molecule has 0 bridgehead atoms. The summed E-state index contributed by atoms with van der Waals surface area (Å²) >= 11 is 0. The highest BCUT2D eigenvalue weighted by molar-refractivity contribution is 5.79. The van der Waals surface area contributed by atoms with Gasteiger partial charge in [-0.3, -0.25) is 14.4 Å². The molecule has 1 aromatic rings. The Labute approximate surface area is 314 Å². The van der Waals surface area contributed by atoms with Crippen molar-refractivity contribution < 1.29 is 28.7 Å². The monoisotopic (exact) mass is 733 g/mol. The highest BCUT2D eigenvalue weighted by Crippen LogP contribution is 2.20. The van der Waals surface area contributed by atoms with Crippen LogP contribution >= 0.6 is 0 Å². The van der Waals surface area contributed by atoms with Crippen molar-refractivity contribution in [2.45, 2.75) is 151 Å². The zero-order valence-electron chi connectivity index (χ0n) is 33.5. The van der Waals surface area contributed by atoms with E-state index in [9.17, 15) is 24.0 Å². The van der Waals surface area contributed by atoms with Crippen molar-refractivity contribution in [2.75, 3.05) is 13.1 Å². The Hall–Kier alpha value is -3.83. The maximum absolute atomic E-state index is 12.9. The first-order valence-electron chi connectivity index (χ1n) is 19.5. The predicted molar refractivity (Wildman–Crippen MR) is 209 cm³/mol. The van der Waals surface area contributed by atoms with E-state index in [4.69, 9.17) is 16.2 Å². The molecule has 0 aromatic heterocycles. The average Bonchev–Trinajstić information content (AvgIpc) is 3.07. The average molecular weight is 733 g/mol. The van der Waals surface area contributed by atoms with Gasteiger partial charge in [-0.25, -0.2) is 9.59 Å². The molecule has 6 amide bonds. The van der Waals surface area contributed by atoms with Crippen molar-refractivity contribution >= 4 is 29.8 Å². The van der Waals surface area contributed by atoms with Crippen LogP contribution in [0.25, 0.3) is 0 Å². The van der Waals surface area contributed by atoms with Crippen molar-refractivity contribution in [3.63, 3.8) is 0 Å². The van der Waals surface area contributed by atoms with Gasteiger partial charge in [-0.15, -0.1) is 0 Å². The molecule has 0 spiro atoms. The number of primary amides is 2. The second kappa shape index (κ2) is 28.7. The van der Waals surface area contributed by atoms with E-state index < -0.39 is 12.1 Å². The number of nitrogens with two attached hydrogens (primary N) is 2. The number of ether oxygens (including phenoxy) is 1. The molecule has 0 saturated carbocycles. The first-order chi connectivity index (χ1) is 24.6. The molecular weight excluding hydrogens is 660 g/mol. The lowest BCUT2D eigenvalue weighted by molar-refractivity contribution is -0.142. The van der Waals surface area contributed by atoms with Gasteiger partial charge in [-0.05, 0) is 80.8 Å². The minimum Gasteiger partial charge on any atom is -0.461 e. The van der Waals surface area contributed by atoms with E-state index in [1.165, 1.54) is 6.92 Å². The quantitative estimate of drug-likeness (QED) is 0.0492. The molecule has 4 atom stereocenters. The van der Waals surface area contributed by atoms with E-state index in [1.807, 2.05) is 24.3 Å². The van der Waals surface area contributed by atoms with Crippen molar-refractivity contribution in [2.24, 2.45) is 35.1 Å². The number of rotatable bonds is 25. The SMILES string of the molecule is CCC[C@@H](C(=O)N[C@H](CCCNC(N)=O)CCc1ccc(COC(C)=O)cc1)C(C)C.CCC[C@@H](CCCNC(N)=O)NC(=O)[C@H](CCC)C(C)C. The van der Waals surface area contributed by atoms with E-state index in [-0.39, 0.29) is 48.3 Å². The number of hydrogen-bond donors (Lipinski definition) is 6. The minimum absolute atomic E-state index is 0.0109. The zero-order valence-corrected chi connectivity index (χ0v) is 33.5. The molecule has 0 heterocycles. The highest BCUT2D eigenvalue weighted by Gasteiger charge is 2.24. The lowest BCUT2D eigenvalue weighted by atomic mass is 9.90. The molecule has 0 aliphatic heterocycles. The van der Waals surface area contributed by atoms with Gasteiger partial charge in [0.1, 0.15) is 6.61 Å². The molecule has 12 heteroatoms. The van der Waals surface area contributed by atoms with Crippen LogP contribution in [0.3, 0.4) is 0 Å². The summed E-state index contributed by atoms with van der Waals surface area (Å²) in [4.78, 5) is 57.7. The van der Waals surface area contributed by atoms with Crippen LogP contribution in [0, 0.1) is 23.7 Å². The van der Waals surface area contributed by atoms with Crippen LogP contribution in [0.2, 0.25) is 0 Å². The molecule has 1 rings (SSSR count). The molecule has 0 aliphatic carbocycles. The van der Waals surface area contributed by atoms with Crippen LogP contribution in [0.15, 0.2) is 24.3 Å². The molecular formula is C40H72N6O6. The minimum atomic E-state index is -0.530. The molecule has 0 saturated heterocycles. The van der Waals surface area contributed by atoms with Gasteiger partial charge in [0.05, 0.1) is 0 Å². The van der Waals surface area contributed by atoms with E-state index in [1.54, 1.807) is 0 Å². The van der Waals surface area contributed by atoms with Crippen LogP contribution in [0.5, 0.6) is 0 Å². The summed E-state index contributed by atoms with van der Waals surface area (Å²) in [6.07, 6.45) is 10.7. The van der Waals surface area contributed by atoms with Crippen molar-refractivity contribution in [1.82, 2.24) is 21.3 Å². The van der Waals surface area contributed by atoms with E-state index in [0.29, 0.717) is 24.9 Å². The van der Waals surface area contributed by atoms with Gasteiger partial charge in [0.15, 0.2) is 0 Å². The van der Waals surface area contributed by atoms with Crippen molar-refractivity contribution in [1.29, 1.82) is 0 Å². The lowest BCUT2D eigenvalue weighted by Gasteiger charge is -2.25. The van der Waals surface area contributed by atoms with E-state index in [2.05, 4.69) is 69.7 Å². The number of aryl methyl sites for hydroxylation is 1. The smallest absolute Gasteiger partial charge is 0.312 e. The second-order valence-electron chi connectivity index (χ2n) is 14.5. The third kappa shape index (κ3) is 23.6. The number of hydrogen-bond acceptors (Lipinski definition) is 6. The Balaban J connectivity index is 0.00000108. The van der Waals surface area contributed by atoms with Gasteiger partial charge >= 0.3 is 18.0 Å². The number of carbonyl (C=O) groups excluding carboxylic acids is 5. The summed E-state index contributed by atoms with van der Waals surface area (Å²) in [5, 5.41) is 11.6. The third-order valence-electron chi connectivity index (χ3n) is 9.12. The molecule has 0 fully saturated rings. The largest absolute Gasteiger partial charge is 0.461 e. The third-order valence-corrected chi connectivity index (χ3v) is 9.12. The Bertz CT molecular complexity index is 1160. The maximum atomic E-state index is 12.9. The highest BCUT2D eigenvalue weighted by atomic mass is 16.5. The lowest BCUT2D eigenvalue weighted by Crippen LogP contribution is -2.41. The molecule has 298 valence electrons. The Morgan fingerprint density at radius 2 is 1.02 bits per heavy atom. The maximum Gasteiger partial charge on any atom is 0.312 e. The second-order valence-corrected chi connectivity index (χ2v) is 14.5. The molecule has 1 aromatic carbocycles. The van der Waals surface area contributed by atoms with Crippen LogP contribution < -0.4 is 32.7 Å². The Morgan fingerprint density at radius 1 is 0.615 bits per heavy atom. The summed E-state index contributed by atoms with van der Waals surface area (Å²) in [6, 6.07) is 7.17. The first-order valence-corrected chi connectivity index (χ1v) is 19.5. The van der Waals surface area contributed by atoms with Gasteiger partial charge in [-0.2, -0.15) is 0 Å². The topological polar surface area (TPSA) is 195 Å². The van der Waals surface area contributed by atoms with Crippen molar-refractivity contribution in [3.05, 3.63) is 35.4 Å². The molecule has 12 nitrogen and oxygen atoms in total. The van der Waals surface area contributed by atoms with Gasteiger partial charge in [0.2, 0.25) is 11.8 Å².